The summed E-state index contributed by atoms with van der Waals surface area (Å²) >= 11 is 0. The van der Waals surface area contributed by atoms with Crippen molar-refractivity contribution in [2.75, 3.05) is 16.4 Å². The lowest BCUT2D eigenvalue weighted by molar-refractivity contribution is -0.114. The summed E-state index contributed by atoms with van der Waals surface area (Å²) in [4.78, 5) is 28.9. The number of benzene rings is 1. The van der Waals surface area contributed by atoms with Crippen molar-refractivity contribution in [3.8, 4) is 0 Å². The lowest BCUT2D eigenvalue weighted by Crippen LogP contribution is -2.18. The Balaban J connectivity index is 2.20. The van der Waals surface area contributed by atoms with E-state index in [-0.39, 0.29) is 23.2 Å². The number of amides is 1. The molecule has 2 rings (SSSR count). The number of carbonyl (C=O) groups is 1. The second kappa shape index (κ2) is 6.08. The first kappa shape index (κ1) is 14.6. The molecule has 2 aromatic rings. The van der Waals surface area contributed by atoms with Crippen molar-refractivity contribution in [3.63, 3.8) is 0 Å². The summed E-state index contributed by atoms with van der Waals surface area (Å²) in [5.41, 5.74) is 6.98. The van der Waals surface area contributed by atoms with E-state index in [4.69, 9.17) is 5.73 Å². The predicted molar refractivity (Wildman–Crippen MR) is 82.1 cm³/mol. The fraction of sp³-hybridized carbons (Fsp3) is 0.214. The van der Waals surface area contributed by atoms with Gasteiger partial charge in [0.25, 0.3) is 5.56 Å². The van der Waals surface area contributed by atoms with Crippen molar-refractivity contribution >= 4 is 23.1 Å². The number of rotatable bonds is 4. The van der Waals surface area contributed by atoms with E-state index in [1.54, 1.807) is 6.07 Å². The number of nitrogens with two attached hydrogens (primary N) is 1. The molecule has 0 saturated heterocycles. The molecule has 1 atom stereocenters. The smallest absolute Gasteiger partial charge is 0.276 e. The molecule has 1 aromatic heterocycles. The molecule has 0 aliphatic rings. The Bertz CT molecular complexity index is 711. The van der Waals surface area contributed by atoms with Crippen LogP contribution in [0.5, 0.6) is 0 Å². The van der Waals surface area contributed by atoms with Crippen LogP contribution in [0.1, 0.15) is 25.5 Å². The maximum Gasteiger partial charge on any atom is 0.276 e. The standard InChI is InChI=1S/C14H17N5O2/c1-8(18-13-12(15)14(21)17-7-16-13)10-4-3-5-11(6-10)19-9(2)20/h3-8H,15H2,1-2H3,(H,19,20)(H2,16,17,18,21). The van der Waals surface area contributed by atoms with Crippen LogP contribution < -0.4 is 21.9 Å². The van der Waals surface area contributed by atoms with Crippen LogP contribution in [0.4, 0.5) is 17.2 Å². The average Bonchev–Trinajstić information content (AvgIpc) is 2.43. The van der Waals surface area contributed by atoms with Gasteiger partial charge in [-0.3, -0.25) is 9.59 Å². The van der Waals surface area contributed by atoms with Gasteiger partial charge in [-0.25, -0.2) is 4.98 Å². The lowest BCUT2D eigenvalue weighted by atomic mass is 10.1. The second-order valence-electron chi connectivity index (χ2n) is 4.67. The van der Waals surface area contributed by atoms with E-state index >= 15 is 0 Å². The molecule has 110 valence electrons. The highest BCUT2D eigenvalue weighted by Crippen LogP contribution is 2.22. The minimum atomic E-state index is -0.383. The van der Waals surface area contributed by atoms with Crippen molar-refractivity contribution < 1.29 is 4.79 Å². The molecule has 1 heterocycles. The van der Waals surface area contributed by atoms with E-state index in [2.05, 4.69) is 20.6 Å². The number of aromatic amines is 1. The Labute approximate surface area is 121 Å². The minimum absolute atomic E-state index is 0.0439. The van der Waals surface area contributed by atoms with Gasteiger partial charge in [-0.05, 0) is 24.6 Å². The molecule has 21 heavy (non-hydrogen) atoms. The van der Waals surface area contributed by atoms with E-state index in [1.807, 2.05) is 25.1 Å². The van der Waals surface area contributed by atoms with Crippen LogP contribution in [0, 0.1) is 0 Å². The van der Waals surface area contributed by atoms with Crippen LogP contribution in [0.2, 0.25) is 0 Å². The molecule has 0 fully saturated rings. The van der Waals surface area contributed by atoms with Gasteiger partial charge in [-0.15, -0.1) is 0 Å². The van der Waals surface area contributed by atoms with E-state index < -0.39 is 0 Å². The van der Waals surface area contributed by atoms with Crippen molar-refractivity contribution in [1.82, 2.24) is 9.97 Å². The van der Waals surface area contributed by atoms with Gasteiger partial charge in [0, 0.05) is 12.6 Å². The maximum absolute atomic E-state index is 11.4. The van der Waals surface area contributed by atoms with Crippen LogP contribution in [0.3, 0.4) is 0 Å². The van der Waals surface area contributed by atoms with Gasteiger partial charge in [-0.2, -0.15) is 0 Å². The average molecular weight is 287 g/mol. The third-order valence-electron chi connectivity index (χ3n) is 2.95. The lowest BCUT2D eigenvalue weighted by Gasteiger charge is -2.16. The molecule has 0 aliphatic heterocycles. The van der Waals surface area contributed by atoms with Crippen LogP contribution in [0.25, 0.3) is 0 Å². The zero-order valence-corrected chi connectivity index (χ0v) is 11.8. The molecular formula is C14H17N5O2. The maximum atomic E-state index is 11.4. The van der Waals surface area contributed by atoms with Gasteiger partial charge in [-0.1, -0.05) is 12.1 Å². The summed E-state index contributed by atoms with van der Waals surface area (Å²) in [6.45, 7) is 3.37. The van der Waals surface area contributed by atoms with Crippen LogP contribution in [-0.4, -0.2) is 15.9 Å². The molecule has 7 heteroatoms. The summed E-state index contributed by atoms with van der Waals surface area (Å²) < 4.78 is 0. The fourth-order valence-electron chi connectivity index (χ4n) is 1.90. The third kappa shape index (κ3) is 3.59. The first-order valence-electron chi connectivity index (χ1n) is 6.44. The number of nitrogens with zero attached hydrogens (tertiary/aromatic N) is 1. The normalized spacial score (nSPS) is 11.7. The highest BCUT2D eigenvalue weighted by molar-refractivity contribution is 5.88. The Morgan fingerprint density at radius 3 is 2.90 bits per heavy atom. The summed E-state index contributed by atoms with van der Waals surface area (Å²) in [7, 11) is 0. The summed E-state index contributed by atoms with van der Waals surface area (Å²) in [6, 6.07) is 7.27. The number of anilines is 3. The topological polar surface area (TPSA) is 113 Å². The number of aromatic nitrogens is 2. The number of hydrogen-bond acceptors (Lipinski definition) is 5. The Morgan fingerprint density at radius 1 is 1.43 bits per heavy atom. The van der Waals surface area contributed by atoms with E-state index in [9.17, 15) is 9.59 Å². The summed E-state index contributed by atoms with van der Waals surface area (Å²) in [5, 5.41) is 5.80. The molecule has 5 N–H and O–H groups in total. The first-order valence-corrected chi connectivity index (χ1v) is 6.44. The molecule has 1 aromatic carbocycles. The van der Waals surface area contributed by atoms with Crippen molar-refractivity contribution in [2.45, 2.75) is 19.9 Å². The molecule has 0 saturated carbocycles. The van der Waals surface area contributed by atoms with Gasteiger partial charge >= 0.3 is 0 Å². The largest absolute Gasteiger partial charge is 0.391 e. The van der Waals surface area contributed by atoms with E-state index in [0.717, 1.165) is 5.56 Å². The number of carbonyl (C=O) groups excluding carboxylic acids is 1. The first-order chi connectivity index (χ1) is 9.97. The van der Waals surface area contributed by atoms with E-state index in [0.29, 0.717) is 11.5 Å². The predicted octanol–water partition coefficient (Wildman–Crippen LogP) is 1.48. The van der Waals surface area contributed by atoms with Crippen LogP contribution in [0.15, 0.2) is 35.4 Å². The highest BCUT2D eigenvalue weighted by Gasteiger charge is 2.10. The molecule has 1 amide bonds. The van der Waals surface area contributed by atoms with Crippen molar-refractivity contribution in [1.29, 1.82) is 0 Å². The number of hydrogen-bond donors (Lipinski definition) is 4. The zero-order valence-electron chi connectivity index (χ0n) is 11.8. The van der Waals surface area contributed by atoms with Gasteiger partial charge < -0.3 is 21.4 Å². The number of nitrogen functional groups attached to an aromatic ring is 1. The van der Waals surface area contributed by atoms with Crippen LogP contribution >= 0.6 is 0 Å². The summed E-state index contributed by atoms with van der Waals surface area (Å²) in [5.74, 6) is 0.199. The molecule has 0 spiro atoms. The monoisotopic (exact) mass is 287 g/mol. The number of nitrogens with one attached hydrogen (secondary N) is 3. The molecule has 0 bridgehead atoms. The molecule has 0 radical (unpaired) electrons. The Morgan fingerprint density at radius 2 is 2.19 bits per heavy atom. The Hall–Kier alpha value is -2.83. The second-order valence-corrected chi connectivity index (χ2v) is 4.67. The van der Waals surface area contributed by atoms with Crippen LogP contribution in [-0.2, 0) is 4.79 Å². The van der Waals surface area contributed by atoms with Crippen molar-refractivity contribution in [2.24, 2.45) is 0 Å². The molecule has 0 aliphatic carbocycles. The summed E-state index contributed by atoms with van der Waals surface area (Å²) in [6.07, 6.45) is 1.29. The minimum Gasteiger partial charge on any atom is -0.391 e. The molecule has 1 unspecified atom stereocenters. The number of H-pyrrole nitrogens is 1. The zero-order chi connectivity index (χ0) is 15.4. The van der Waals surface area contributed by atoms with E-state index in [1.165, 1.54) is 13.3 Å². The van der Waals surface area contributed by atoms with Gasteiger partial charge in [0.05, 0.1) is 12.4 Å². The van der Waals surface area contributed by atoms with Gasteiger partial charge in [0.2, 0.25) is 5.91 Å². The Kier molecular flexibility index (Phi) is 4.22. The molecular weight excluding hydrogens is 270 g/mol. The van der Waals surface area contributed by atoms with Crippen molar-refractivity contribution in [3.05, 3.63) is 46.5 Å². The van der Waals surface area contributed by atoms with Gasteiger partial charge in [0.1, 0.15) is 5.69 Å². The SMILES string of the molecule is CC(=O)Nc1cccc(C(C)Nc2nc[nH]c(=O)c2N)c1. The molecule has 7 nitrogen and oxygen atoms in total. The van der Waals surface area contributed by atoms with Gasteiger partial charge in [0.15, 0.2) is 5.82 Å². The highest BCUT2D eigenvalue weighted by atomic mass is 16.1. The quantitative estimate of drug-likeness (QED) is 0.680. The fourth-order valence-corrected chi connectivity index (χ4v) is 1.90. The third-order valence-corrected chi connectivity index (χ3v) is 2.95.